The Balaban J connectivity index is 1.44. The number of pyridine rings is 1. The second kappa shape index (κ2) is 7.59. The van der Waals surface area contributed by atoms with Crippen molar-refractivity contribution in [1.82, 2.24) is 14.5 Å². The number of rotatable bonds is 4. The van der Waals surface area contributed by atoms with Crippen LogP contribution in [0.3, 0.4) is 0 Å². The molecule has 3 heterocycles. The molecule has 3 atom stereocenters. The highest BCUT2D eigenvalue weighted by Crippen LogP contribution is 2.21. The first kappa shape index (κ1) is 18.4. The molecule has 1 aromatic carbocycles. The zero-order chi connectivity index (χ0) is 19.7. The van der Waals surface area contributed by atoms with Gasteiger partial charge in [-0.05, 0) is 45.0 Å². The van der Waals surface area contributed by atoms with Crippen LogP contribution in [0.4, 0.5) is 11.5 Å². The van der Waals surface area contributed by atoms with Crippen molar-refractivity contribution in [3.63, 3.8) is 0 Å². The number of morpholine rings is 1. The third-order valence-electron chi connectivity index (χ3n) is 5.04. The van der Waals surface area contributed by atoms with Crippen molar-refractivity contribution in [2.75, 3.05) is 23.3 Å². The first-order chi connectivity index (χ1) is 13.5. The van der Waals surface area contributed by atoms with Gasteiger partial charge in [0.25, 0.3) is 0 Å². The van der Waals surface area contributed by atoms with E-state index in [1.807, 2.05) is 47.9 Å². The number of amides is 1. The Morgan fingerprint density at radius 1 is 1.14 bits per heavy atom. The molecule has 0 saturated carbocycles. The van der Waals surface area contributed by atoms with E-state index in [1.165, 1.54) is 0 Å². The molecule has 0 bridgehead atoms. The molecular formula is C21H25N5O2. The molecule has 0 unspecified atom stereocenters. The minimum atomic E-state index is -0.381. The second-order valence-corrected chi connectivity index (χ2v) is 7.37. The smallest absolute Gasteiger partial charge is 0.247 e. The van der Waals surface area contributed by atoms with Gasteiger partial charge < -0.3 is 19.5 Å². The Morgan fingerprint density at radius 3 is 2.61 bits per heavy atom. The molecule has 0 aliphatic carbocycles. The Bertz CT molecular complexity index is 958. The Hall–Kier alpha value is -2.93. The van der Waals surface area contributed by atoms with Crippen molar-refractivity contribution < 1.29 is 9.53 Å². The maximum absolute atomic E-state index is 12.7. The molecule has 1 fully saturated rings. The van der Waals surface area contributed by atoms with Crippen molar-refractivity contribution >= 4 is 28.4 Å². The van der Waals surface area contributed by atoms with Crippen molar-refractivity contribution in [2.24, 2.45) is 0 Å². The van der Waals surface area contributed by atoms with Gasteiger partial charge in [-0.1, -0.05) is 12.1 Å². The highest BCUT2D eigenvalue weighted by molar-refractivity contribution is 5.94. The average Bonchev–Trinajstić information content (AvgIpc) is 3.11. The number of carbonyl (C=O) groups excluding carboxylic acids is 1. The number of fused-ring (bicyclic) bond motifs is 1. The summed E-state index contributed by atoms with van der Waals surface area (Å²) in [5.74, 6) is 0.792. The fourth-order valence-electron chi connectivity index (χ4n) is 3.67. The SMILES string of the molecule is C[C@@H]1CN(c2ccc(NC(=O)[C@@H](C)n3cnc4ccccc43)cn2)C[C@@H](C)O1. The zero-order valence-electron chi connectivity index (χ0n) is 16.4. The summed E-state index contributed by atoms with van der Waals surface area (Å²) < 4.78 is 7.65. The lowest BCUT2D eigenvalue weighted by Crippen LogP contribution is -2.45. The molecule has 2 aromatic heterocycles. The summed E-state index contributed by atoms with van der Waals surface area (Å²) in [5, 5.41) is 2.95. The van der Waals surface area contributed by atoms with Crippen LogP contribution < -0.4 is 10.2 Å². The predicted molar refractivity (Wildman–Crippen MR) is 110 cm³/mol. The van der Waals surface area contributed by atoms with E-state index in [-0.39, 0.29) is 24.2 Å². The van der Waals surface area contributed by atoms with Crippen LogP contribution in [0.5, 0.6) is 0 Å². The van der Waals surface area contributed by atoms with Gasteiger partial charge in [0.05, 0.1) is 41.5 Å². The number of aromatic nitrogens is 3. The zero-order valence-corrected chi connectivity index (χ0v) is 16.4. The normalized spacial score (nSPS) is 20.9. The molecule has 7 nitrogen and oxygen atoms in total. The van der Waals surface area contributed by atoms with Crippen LogP contribution in [-0.2, 0) is 9.53 Å². The van der Waals surface area contributed by atoms with Crippen molar-refractivity contribution in [2.45, 2.75) is 39.0 Å². The van der Waals surface area contributed by atoms with Gasteiger partial charge in [-0.3, -0.25) is 4.79 Å². The molecular weight excluding hydrogens is 354 g/mol. The molecule has 4 rings (SSSR count). The van der Waals surface area contributed by atoms with Gasteiger partial charge in [0.2, 0.25) is 5.91 Å². The van der Waals surface area contributed by atoms with E-state index in [9.17, 15) is 4.79 Å². The molecule has 1 saturated heterocycles. The van der Waals surface area contributed by atoms with Gasteiger partial charge >= 0.3 is 0 Å². The number of nitrogens with one attached hydrogen (secondary N) is 1. The summed E-state index contributed by atoms with van der Waals surface area (Å²) in [6.45, 7) is 7.63. The lowest BCUT2D eigenvalue weighted by atomic mass is 10.2. The first-order valence-electron chi connectivity index (χ1n) is 9.60. The van der Waals surface area contributed by atoms with Crippen molar-refractivity contribution in [1.29, 1.82) is 0 Å². The minimum absolute atomic E-state index is 0.105. The molecule has 3 aromatic rings. The fourth-order valence-corrected chi connectivity index (χ4v) is 3.67. The van der Waals surface area contributed by atoms with E-state index in [1.54, 1.807) is 12.5 Å². The van der Waals surface area contributed by atoms with Crippen LogP contribution in [0.15, 0.2) is 48.9 Å². The van der Waals surface area contributed by atoms with Gasteiger partial charge in [0, 0.05) is 13.1 Å². The van der Waals surface area contributed by atoms with Gasteiger partial charge in [-0.25, -0.2) is 9.97 Å². The summed E-state index contributed by atoms with van der Waals surface area (Å²) in [7, 11) is 0. The number of hydrogen-bond donors (Lipinski definition) is 1. The Morgan fingerprint density at radius 2 is 1.89 bits per heavy atom. The third kappa shape index (κ3) is 3.71. The highest BCUT2D eigenvalue weighted by atomic mass is 16.5. The van der Waals surface area contributed by atoms with Crippen LogP contribution in [0.1, 0.15) is 26.8 Å². The number of benzene rings is 1. The van der Waals surface area contributed by atoms with Gasteiger partial charge in [-0.15, -0.1) is 0 Å². The summed E-state index contributed by atoms with van der Waals surface area (Å²) in [5.41, 5.74) is 2.50. The van der Waals surface area contributed by atoms with E-state index < -0.39 is 0 Å². The Kier molecular flexibility index (Phi) is 5.00. The van der Waals surface area contributed by atoms with Gasteiger partial charge in [0.1, 0.15) is 11.9 Å². The van der Waals surface area contributed by atoms with Crippen molar-refractivity contribution in [3.8, 4) is 0 Å². The number of ether oxygens (including phenoxy) is 1. The van der Waals surface area contributed by atoms with E-state index in [4.69, 9.17) is 4.74 Å². The third-order valence-corrected chi connectivity index (χ3v) is 5.04. The minimum Gasteiger partial charge on any atom is -0.372 e. The number of carbonyl (C=O) groups is 1. The number of anilines is 2. The lowest BCUT2D eigenvalue weighted by molar-refractivity contribution is -0.118. The van der Waals surface area contributed by atoms with E-state index in [0.29, 0.717) is 5.69 Å². The van der Waals surface area contributed by atoms with Crippen LogP contribution in [0, 0.1) is 0 Å². The predicted octanol–water partition coefficient (Wildman–Crippen LogP) is 3.24. The van der Waals surface area contributed by atoms with Crippen LogP contribution in [0.2, 0.25) is 0 Å². The van der Waals surface area contributed by atoms with E-state index in [2.05, 4.69) is 34.0 Å². The molecule has 1 aliphatic rings. The molecule has 7 heteroatoms. The molecule has 1 aliphatic heterocycles. The number of para-hydroxylation sites is 2. The molecule has 0 spiro atoms. The van der Waals surface area contributed by atoms with Crippen LogP contribution in [-0.4, -0.2) is 45.7 Å². The summed E-state index contributed by atoms with van der Waals surface area (Å²) in [4.78, 5) is 23.8. The maximum atomic E-state index is 12.7. The summed E-state index contributed by atoms with van der Waals surface area (Å²) >= 11 is 0. The molecule has 0 radical (unpaired) electrons. The van der Waals surface area contributed by atoms with E-state index >= 15 is 0 Å². The number of imidazole rings is 1. The second-order valence-electron chi connectivity index (χ2n) is 7.37. The van der Waals surface area contributed by atoms with Gasteiger partial charge in [0.15, 0.2) is 0 Å². The lowest BCUT2D eigenvalue weighted by Gasteiger charge is -2.36. The number of hydrogen-bond acceptors (Lipinski definition) is 5. The molecule has 146 valence electrons. The molecule has 1 N–H and O–H groups in total. The molecule has 1 amide bonds. The van der Waals surface area contributed by atoms with Crippen molar-refractivity contribution in [3.05, 3.63) is 48.9 Å². The topological polar surface area (TPSA) is 72.3 Å². The standard InChI is InChI=1S/C21H25N5O2/c1-14-11-25(12-15(2)28-14)20-9-8-17(10-22-20)24-21(27)16(3)26-13-23-18-6-4-5-7-19(18)26/h4-10,13-16H,11-12H2,1-3H3,(H,24,27)/t14-,15-,16-/m1/s1. The maximum Gasteiger partial charge on any atom is 0.247 e. The van der Waals surface area contributed by atoms with Crippen LogP contribution >= 0.6 is 0 Å². The summed E-state index contributed by atoms with van der Waals surface area (Å²) in [6, 6.07) is 11.2. The quantitative estimate of drug-likeness (QED) is 0.753. The summed E-state index contributed by atoms with van der Waals surface area (Å²) in [6.07, 6.45) is 3.76. The highest BCUT2D eigenvalue weighted by Gasteiger charge is 2.23. The van der Waals surface area contributed by atoms with Gasteiger partial charge in [-0.2, -0.15) is 0 Å². The average molecular weight is 379 g/mol. The fraction of sp³-hybridized carbons (Fsp3) is 0.381. The first-order valence-corrected chi connectivity index (χ1v) is 9.60. The van der Waals surface area contributed by atoms with E-state index in [0.717, 1.165) is 29.9 Å². The van der Waals surface area contributed by atoms with Crippen LogP contribution in [0.25, 0.3) is 11.0 Å². The largest absolute Gasteiger partial charge is 0.372 e. The monoisotopic (exact) mass is 379 g/mol. The molecule has 28 heavy (non-hydrogen) atoms. The number of nitrogens with zero attached hydrogens (tertiary/aromatic N) is 4. The Labute approximate surface area is 164 Å².